The van der Waals surface area contributed by atoms with Crippen LogP contribution in [0.25, 0.3) is 22.3 Å². The maximum Gasteiger partial charge on any atom is 0.320 e. The lowest BCUT2D eigenvalue weighted by Crippen LogP contribution is -2.01. The van der Waals surface area contributed by atoms with Gasteiger partial charge in [-0.1, -0.05) is 12.1 Å². The molecule has 0 aliphatic heterocycles. The lowest BCUT2D eigenvalue weighted by molar-refractivity contribution is 0.277. The number of aryl methyl sites for hydroxylation is 1. The van der Waals surface area contributed by atoms with Crippen molar-refractivity contribution in [3.8, 4) is 23.3 Å². The number of benzene rings is 1. The van der Waals surface area contributed by atoms with Gasteiger partial charge in [0.05, 0.1) is 11.7 Å². The Hall–Kier alpha value is -3.55. The maximum absolute atomic E-state index is 13.0. The Labute approximate surface area is 147 Å². The van der Waals surface area contributed by atoms with Gasteiger partial charge in [0, 0.05) is 19.4 Å². The third kappa shape index (κ3) is 3.04. The highest BCUT2D eigenvalue weighted by Crippen LogP contribution is 2.29. The molecule has 26 heavy (non-hydrogen) atoms. The zero-order valence-electron chi connectivity index (χ0n) is 13.8. The van der Waals surface area contributed by atoms with Crippen molar-refractivity contribution in [3.63, 3.8) is 0 Å². The quantitative estimate of drug-likeness (QED) is 0.608. The van der Waals surface area contributed by atoms with Gasteiger partial charge in [-0.15, -0.1) is 0 Å². The summed E-state index contributed by atoms with van der Waals surface area (Å²) in [4.78, 5) is 16.9. The molecule has 3 aromatic heterocycles. The van der Waals surface area contributed by atoms with Gasteiger partial charge in [0.15, 0.2) is 0 Å². The molecule has 0 aliphatic rings. The van der Waals surface area contributed by atoms with Gasteiger partial charge in [-0.2, -0.15) is 9.97 Å². The summed E-state index contributed by atoms with van der Waals surface area (Å²) in [5.74, 6) is -0.525. The minimum absolute atomic E-state index is 0.00417. The van der Waals surface area contributed by atoms with Crippen molar-refractivity contribution >= 4 is 10.9 Å². The van der Waals surface area contributed by atoms with Crippen LogP contribution in [0, 0.1) is 5.82 Å². The van der Waals surface area contributed by atoms with E-state index < -0.39 is 0 Å². The highest BCUT2D eigenvalue weighted by Gasteiger charge is 2.15. The second-order valence-corrected chi connectivity index (χ2v) is 5.73. The molecule has 0 amide bonds. The van der Waals surface area contributed by atoms with E-state index in [1.807, 2.05) is 7.05 Å². The molecule has 0 spiro atoms. The van der Waals surface area contributed by atoms with E-state index in [0.717, 1.165) is 5.56 Å². The summed E-state index contributed by atoms with van der Waals surface area (Å²) in [5.41, 5.74) is 2.34. The average molecular weight is 351 g/mol. The Morgan fingerprint density at radius 1 is 1.12 bits per heavy atom. The zero-order chi connectivity index (χ0) is 18.1. The molecule has 1 N–H and O–H groups in total. The molecule has 0 atom stereocenters. The Morgan fingerprint density at radius 2 is 1.92 bits per heavy atom. The van der Waals surface area contributed by atoms with Gasteiger partial charge in [0.2, 0.25) is 5.88 Å². The van der Waals surface area contributed by atoms with Crippen molar-refractivity contribution in [2.45, 2.75) is 6.61 Å². The maximum atomic E-state index is 13.0. The van der Waals surface area contributed by atoms with Crippen molar-refractivity contribution in [2.24, 2.45) is 7.05 Å². The van der Waals surface area contributed by atoms with Gasteiger partial charge >= 0.3 is 6.01 Å². The third-order valence-electron chi connectivity index (χ3n) is 3.80. The van der Waals surface area contributed by atoms with Crippen LogP contribution in [0.4, 0.5) is 4.39 Å². The van der Waals surface area contributed by atoms with Crippen LogP contribution in [0.1, 0.15) is 5.56 Å². The second-order valence-electron chi connectivity index (χ2n) is 5.73. The first-order valence-corrected chi connectivity index (χ1v) is 7.81. The largest absolute Gasteiger partial charge is 0.493 e. The highest BCUT2D eigenvalue weighted by atomic mass is 19.1. The van der Waals surface area contributed by atoms with Crippen LogP contribution in [0.5, 0.6) is 11.9 Å². The van der Waals surface area contributed by atoms with Gasteiger partial charge in [-0.3, -0.25) is 4.98 Å². The van der Waals surface area contributed by atoms with E-state index in [1.165, 1.54) is 12.1 Å². The van der Waals surface area contributed by atoms with E-state index >= 15 is 0 Å². The van der Waals surface area contributed by atoms with Crippen molar-refractivity contribution in [3.05, 3.63) is 60.4 Å². The van der Waals surface area contributed by atoms with Crippen LogP contribution < -0.4 is 4.74 Å². The molecule has 0 radical (unpaired) electrons. The summed E-state index contributed by atoms with van der Waals surface area (Å²) in [6.07, 6.45) is 5.03. The molecule has 0 saturated carbocycles. The third-order valence-corrected chi connectivity index (χ3v) is 3.80. The van der Waals surface area contributed by atoms with Crippen LogP contribution in [0.15, 0.2) is 49.1 Å². The van der Waals surface area contributed by atoms with E-state index in [9.17, 15) is 9.50 Å². The Bertz CT molecular complexity index is 1080. The molecule has 4 aromatic rings. The molecule has 1 aromatic carbocycles. The fourth-order valence-electron chi connectivity index (χ4n) is 2.53. The molecule has 8 heteroatoms. The van der Waals surface area contributed by atoms with Gasteiger partial charge < -0.3 is 14.4 Å². The van der Waals surface area contributed by atoms with E-state index in [-0.39, 0.29) is 24.3 Å². The van der Waals surface area contributed by atoms with E-state index in [4.69, 9.17) is 4.74 Å². The van der Waals surface area contributed by atoms with Crippen LogP contribution in [-0.2, 0) is 13.7 Å². The molecule has 0 aliphatic carbocycles. The van der Waals surface area contributed by atoms with E-state index in [0.29, 0.717) is 22.3 Å². The molecule has 0 fully saturated rings. The van der Waals surface area contributed by atoms with Crippen molar-refractivity contribution in [1.29, 1.82) is 0 Å². The van der Waals surface area contributed by atoms with Crippen LogP contribution in [-0.4, -0.2) is 29.6 Å². The number of nitrogens with zero attached hydrogens (tertiary/aromatic N) is 5. The smallest absolute Gasteiger partial charge is 0.320 e. The van der Waals surface area contributed by atoms with Gasteiger partial charge in [0.25, 0.3) is 0 Å². The van der Waals surface area contributed by atoms with Crippen molar-refractivity contribution in [2.75, 3.05) is 0 Å². The van der Waals surface area contributed by atoms with Crippen LogP contribution in [0.2, 0.25) is 0 Å². The number of rotatable bonds is 4. The number of hydrogen-bond acceptors (Lipinski definition) is 6. The van der Waals surface area contributed by atoms with Crippen LogP contribution >= 0.6 is 0 Å². The molecule has 0 saturated heterocycles. The molecular weight excluding hydrogens is 337 g/mol. The lowest BCUT2D eigenvalue weighted by Gasteiger charge is -2.08. The number of aromatic hydroxyl groups is 1. The second kappa shape index (κ2) is 6.40. The first-order chi connectivity index (χ1) is 12.6. The Balaban J connectivity index is 1.71. The standard InChI is InChI=1S/C18H14FN5O2/c1-24-8-14(21-10-24)16-15-13(6-7-20-16)17(25)23-18(22-15)26-9-11-2-4-12(19)5-3-11/h2-8,10H,9H2,1H3,(H,22,23,25). The predicted octanol–water partition coefficient (Wildman–Crippen LogP) is 2.85. The number of aromatic nitrogens is 5. The summed E-state index contributed by atoms with van der Waals surface area (Å²) in [5, 5.41) is 10.7. The summed E-state index contributed by atoms with van der Waals surface area (Å²) >= 11 is 0. The molecule has 0 unspecified atom stereocenters. The number of hydrogen-bond donors (Lipinski definition) is 1. The monoisotopic (exact) mass is 351 g/mol. The highest BCUT2D eigenvalue weighted by molar-refractivity contribution is 5.93. The van der Waals surface area contributed by atoms with E-state index in [1.54, 1.807) is 41.5 Å². The summed E-state index contributed by atoms with van der Waals surface area (Å²) in [6, 6.07) is 7.54. The predicted molar refractivity (Wildman–Crippen MR) is 91.9 cm³/mol. The van der Waals surface area contributed by atoms with Crippen molar-refractivity contribution in [1.82, 2.24) is 24.5 Å². The van der Waals surface area contributed by atoms with Gasteiger partial charge in [-0.05, 0) is 23.8 Å². The first-order valence-electron chi connectivity index (χ1n) is 7.81. The zero-order valence-corrected chi connectivity index (χ0v) is 13.8. The number of imidazole rings is 1. The van der Waals surface area contributed by atoms with E-state index in [2.05, 4.69) is 19.9 Å². The SMILES string of the molecule is Cn1cnc(-c2nccc3c(O)nc(OCc4ccc(F)cc4)nc23)c1. The number of halogens is 1. The van der Waals surface area contributed by atoms with Crippen LogP contribution in [0.3, 0.4) is 0 Å². The first kappa shape index (κ1) is 15.9. The topological polar surface area (TPSA) is 86.0 Å². The minimum atomic E-state index is -0.320. The molecular formula is C18H14FN5O2. The number of pyridine rings is 1. The molecule has 3 heterocycles. The normalized spacial score (nSPS) is 11.0. The fraction of sp³-hybridized carbons (Fsp3) is 0.111. The van der Waals surface area contributed by atoms with Crippen molar-refractivity contribution < 1.29 is 14.2 Å². The summed E-state index contributed by atoms with van der Waals surface area (Å²) < 4.78 is 20.3. The fourth-order valence-corrected chi connectivity index (χ4v) is 2.53. The molecule has 7 nitrogen and oxygen atoms in total. The molecule has 0 bridgehead atoms. The summed E-state index contributed by atoms with van der Waals surface area (Å²) in [6.45, 7) is 0.143. The Morgan fingerprint density at radius 3 is 2.65 bits per heavy atom. The molecule has 4 rings (SSSR count). The Kier molecular flexibility index (Phi) is 3.92. The summed E-state index contributed by atoms with van der Waals surface area (Å²) in [7, 11) is 1.85. The van der Waals surface area contributed by atoms with Gasteiger partial charge in [-0.25, -0.2) is 9.37 Å². The minimum Gasteiger partial charge on any atom is -0.493 e. The lowest BCUT2D eigenvalue weighted by atomic mass is 10.2. The van der Waals surface area contributed by atoms with Gasteiger partial charge in [0.1, 0.15) is 29.3 Å². The average Bonchev–Trinajstić information content (AvgIpc) is 3.07. The molecule has 130 valence electrons. The number of ether oxygens (including phenoxy) is 1. The number of fused-ring (bicyclic) bond motifs is 1.